The van der Waals surface area contributed by atoms with E-state index in [1.165, 1.54) is 0 Å². The summed E-state index contributed by atoms with van der Waals surface area (Å²) in [7, 11) is 0. The first-order chi connectivity index (χ1) is 12.8. The molecule has 7 nitrogen and oxygen atoms in total. The molecule has 3 heterocycles. The number of H-pyrrole nitrogens is 1. The summed E-state index contributed by atoms with van der Waals surface area (Å²) in [5.41, 5.74) is 4.04. The number of benzene rings is 1. The molecule has 0 spiro atoms. The lowest BCUT2D eigenvalue weighted by atomic mass is 10.1. The van der Waals surface area contributed by atoms with E-state index in [9.17, 15) is 4.79 Å². The van der Waals surface area contributed by atoms with Crippen molar-refractivity contribution in [2.45, 2.75) is 6.54 Å². The quantitative estimate of drug-likeness (QED) is 0.582. The van der Waals surface area contributed by atoms with Crippen molar-refractivity contribution in [3.63, 3.8) is 0 Å². The number of pyridine rings is 1. The van der Waals surface area contributed by atoms with Crippen molar-refractivity contribution in [3.05, 3.63) is 84.6 Å². The van der Waals surface area contributed by atoms with Gasteiger partial charge in [-0.05, 0) is 30.3 Å². The largest absolute Gasteiger partial charge is 0.347 e. The minimum absolute atomic E-state index is 0.212. The third-order valence-electron chi connectivity index (χ3n) is 3.95. The molecule has 4 rings (SSSR count). The van der Waals surface area contributed by atoms with Crippen LogP contribution in [0.25, 0.3) is 16.9 Å². The standard InChI is InChI=1S/C19H16N6O/c26-19(17-8-11-22-23-17)21-12-15-13-25(16-4-2-1-3-5-16)24-18(15)14-6-9-20-10-7-14/h1-11,13H,12H2,(H,21,26)(H,22,23). The van der Waals surface area contributed by atoms with Crippen LogP contribution in [0.5, 0.6) is 0 Å². The molecule has 1 aromatic carbocycles. The third kappa shape index (κ3) is 3.23. The first-order valence-electron chi connectivity index (χ1n) is 8.13. The molecule has 0 aliphatic rings. The molecule has 7 heteroatoms. The van der Waals surface area contributed by atoms with Crippen molar-refractivity contribution in [1.82, 2.24) is 30.3 Å². The van der Waals surface area contributed by atoms with Crippen molar-refractivity contribution in [1.29, 1.82) is 0 Å². The van der Waals surface area contributed by atoms with E-state index >= 15 is 0 Å². The number of carbonyl (C=O) groups is 1. The Balaban J connectivity index is 1.65. The van der Waals surface area contributed by atoms with Gasteiger partial charge in [-0.15, -0.1) is 0 Å². The number of aromatic amines is 1. The Morgan fingerprint density at radius 1 is 1.04 bits per heavy atom. The summed E-state index contributed by atoms with van der Waals surface area (Å²) >= 11 is 0. The fraction of sp³-hybridized carbons (Fsp3) is 0.0526. The lowest BCUT2D eigenvalue weighted by molar-refractivity contribution is 0.0946. The van der Waals surface area contributed by atoms with Crippen LogP contribution in [-0.2, 0) is 6.54 Å². The summed E-state index contributed by atoms with van der Waals surface area (Å²) in [5, 5.41) is 14.1. The van der Waals surface area contributed by atoms with Gasteiger partial charge in [-0.25, -0.2) is 4.68 Å². The van der Waals surface area contributed by atoms with Gasteiger partial charge < -0.3 is 5.32 Å². The lowest BCUT2D eigenvalue weighted by Gasteiger charge is -2.04. The molecule has 0 atom stereocenters. The number of hydrogen-bond donors (Lipinski definition) is 2. The number of rotatable bonds is 5. The summed E-state index contributed by atoms with van der Waals surface area (Å²) in [6.07, 6.45) is 6.93. The number of para-hydroxylation sites is 1. The SMILES string of the molecule is O=C(NCc1cn(-c2ccccc2)nc1-c1ccncc1)c1ccn[nH]1. The van der Waals surface area contributed by atoms with Crippen LogP contribution < -0.4 is 5.32 Å². The monoisotopic (exact) mass is 344 g/mol. The zero-order chi connectivity index (χ0) is 17.8. The van der Waals surface area contributed by atoms with Crippen LogP contribution in [0.4, 0.5) is 0 Å². The van der Waals surface area contributed by atoms with Crippen LogP contribution >= 0.6 is 0 Å². The molecule has 128 valence electrons. The average molecular weight is 344 g/mol. The van der Waals surface area contributed by atoms with Gasteiger partial charge in [-0.3, -0.25) is 14.9 Å². The molecule has 1 amide bonds. The second kappa shape index (κ2) is 7.02. The van der Waals surface area contributed by atoms with Crippen molar-refractivity contribution in [3.8, 4) is 16.9 Å². The van der Waals surface area contributed by atoms with E-state index in [0.717, 1.165) is 22.5 Å². The van der Waals surface area contributed by atoms with Gasteiger partial charge in [0.25, 0.3) is 5.91 Å². The predicted octanol–water partition coefficient (Wildman–Crippen LogP) is 2.59. The van der Waals surface area contributed by atoms with Crippen LogP contribution in [0.2, 0.25) is 0 Å². The molecule has 0 fully saturated rings. The van der Waals surface area contributed by atoms with Crippen molar-refractivity contribution < 1.29 is 4.79 Å². The second-order valence-electron chi connectivity index (χ2n) is 5.67. The Morgan fingerprint density at radius 3 is 2.58 bits per heavy atom. The highest BCUT2D eigenvalue weighted by Crippen LogP contribution is 2.23. The number of amides is 1. The van der Waals surface area contributed by atoms with E-state index in [1.54, 1.807) is 24.7 Å². The Morgan fingerprint density at radius 2 is 1.85 bits per heavy atom. The molecule has 0 aliphatic heterocycles. The number of nitrogens with one attached hydrogen (secondary N) is 2. The van der Waals surface area contributed by atoms with Crippen LogP contribution in [-0.4, -0.2) is 30.9 Å². The highest BCUT2D eigenvalue weighted by atomic mass is 16.1. The Kier molecular flexibility index (Phi) is 4.26. The first kappa shape index (κ1) is 15.8. The first-order valence-corrected chi connectivity index (χ1v) is 8.13. The molecule has 0 aliphatic carbocycles. The van der Waals surface area contributed by atoms with Gasteiger partial charge in [0.1, 0.15) is 5.69 Å². The van der Waals surface area contributed by atoms with Gasteiger partial charge in [0.2, 0.25) is 0 Å². The average Bonchev–Trinajstić information content (AvgIpc) is 3.38. The van der Waals surface area contributed by atoms with E-state index < -0.39 is 0 Å². The number of aromatic nitrogens is 5. The molecular formula is C19H16N6O. The Bertz CT molecular complexity index is 993. The zero-order valence-corrected chi connectivity index (χ0v) is 13.8. The topological polar surface area (TPSA) is 88.5 Å². The smallest absolute Gasteiger partial charge is 0.269 e. The summed E-state index contributed by atoms with van der Waals surface area (Å²) in [6, 6.07) is 15.3. The van der Waals surface area contributed by atoms with Crippen LogP contribution in [0.15, 0.2) is 73.3 Å². The minimum atomic E-state index is -0.212. The summed E-state index contributed by atoms with van der Waals surface area (Å²) in [5.74, 6) is -0.212. The number of nitrogens with zero attached hydrogens (tertiary/aromatic N) is 4. The van der Waals surface area contributed by atoms with Crippen LogP contribution in [0.1, 0.15) is 16.1 Å². The maximum absolute atomic E-state index is 12.2. The zero-order valence-electron chi connectivity index (χ0n) is 13.8. The Labute approximate surface area is 149 Å². The van der Waals surface area contributed by atoms with Crippen molar-refractivity contribution >= 4 is 5.91 Å². The van der Waals surface area contributed by atoms with E-state index in [-0.39, 0.29) is 5.91 Å². The third-order valence-corrected chi connectivity index (χ3v) is 3.95. The summed E-state index contributed by atoms with van der Waals surface area (Å²) in [4.78, 5) is 16.2. The van der Waals surface area contributed by atoms with Gasteiger partial charge in [-0.1, -0.05) is 18.2 Å². The molecule has 0 bridgehead atoms. The molecular weight excluding hydrogens is 328 g/mol. The van der Waals surface area contributed by atoms with Gasteiger partial charge in [-0.2, -0.15) is 10.2 Å². The molecule has 26 heavy (non-hydrogen) atoms. The normalized spacial score (nSPS) is 10.6. The maximum Gasteiger partial charge on any atom is 0.269 e. The molecule has 4 aromatic rings. The fourth-order valence-corrected chi connectivity index (χ4v) is 2.66. The van der Waals surface area contributed by atoms with E-state index in [1.807, 2.05) is 53.3 Å². The second-order valence-corrected chi connectivity index (χ2v) is 5.67. The predicted molar refractivity (Wildman–Crippen MR) is 96.6 cm³/mol. The van der Waals surface area contributed by atoms with E-state index in [0.29, 0.717) is 12.2 Å². The molecule has 0 unspecified atom stereocenters. The van der Waals surface area contributed by atoms with Crippen molar-refractivity contribution in [2.75, 3.05) is 0 Å². The van der Waals surface area contributed by atoms with E-state index in [4.69, 9.17) is 5.10 Å². The van der Waals surface area contributed by atoms with E-state index in [2.05, 4.69) is 20.5 Å². The highest BCUT2D eigenvalue weighted by Gasteiger charge is 2.14. The van der Waals surface area contributed by atoms with Gasteiger partial charge in [0.15, 0.2) is 0 Å². The fourth-order valence-electron chi connectivity index (χ4n) is 2.66. The van der Waals surface area contributed by atoms with Crippen LogP contribution in [0.3, 0.4) is 0 Å². The number of hydrogen-bond acceptors (Lipinski definition) is 4. The number of carbonyl (C=O) groups excluding carboxylic acids is 1. The molecule has 0 radical (unpaired) electrons. The molecule has 0 saturated carbocycles. The maximum atomic E-state index is 12.2. The Hall–Kier alpha value is -3.74. The van der Waals surface area contributed by atoms with Gasteiger partial charge >= 0.3 is 0 Å². The summed E-state index contributed by atoms with van der Waals surface area (Å²) < 4.78 is 1.81. The highest BCUT2D eigenvalue weighted by molar-refractivity contribution is 5.92. The van der Waals surface area contributed by atoms with Gasteiger partial charge in [0, 0.05) is 42.5 Å². The summed E-state index contributed by atoms with van der Waals surface area (Å²) in [6.45, 7) is 0.350. The van der Waals surface area contributed by atoms with Gasteiger partial charge in [0.05, 0.1) is 11.4 Å². The molecule has 2 N–H and O–H groups in total. The molecule has 3 aromatic heterocycles. The minimum Gasteiger partial charge on any atom is -0.347 e. The lowest BCUT2D eigenvalue weighted by Crippen LogP contribution is -2.23. The van der Waals surface area contributed by atoms with Crippen LogP contribution in [0, 0.1) is 0 Å². The molecule has 0 saturated heterocycles. The van der Waals surface area contributed by atoms with Crippen molar-refractivity contribution in [2.24, 2.45) is 0 Å².